The van der Waals surface area contributed by atoms with Crippen LogP contribution >= 0.6 is 0 Å². The van der Waals surface area contributed by atoms with Gasteiger partial charge in [-0.25, -0.2) is 0 Å². The fourth-order valence-electron chi connectivity index (χ4n) is 3.23. The molecule has 0 aromatic carbocycles. The first-order chi connectivity index (χ1) is 14.6. The van der Waals surface area contributed by atoms with Crippen LogP contribution in [0.3, 0.4) is 0 Å². The van der Waals surface area contributed by atoms with Crippen LogP contribution in [0.2, 0.25) is 0 Å². The first-order valence-corrected chi connectivity index (χ1v) is 10.4. The highest BCUT2D eigenvalue weighted by Crippen LogP contribution is 2.28. The summed E-state index contributed by atoms with van der Waals surface area (Å²) >= 11 is 0. The molecule has 1 amide bonds. The van der Waals surface area contributed by atoms with Crippen molar-refractivity contribution in [1.29, 1.82) is 0 Å². The minimum atomic E-state index is -1.12. The van der Waals surface area contributed by atoms with Gasteiger partial charge in [-0.1, -0.05) is 12.8 Å². The van der Waals surface area contributed by atoms with Crippen LogP contribution in [-0.4, -0.2) is 74.2 Å². The molecular weight excluding hydrogens is 412 g/mol. The number of nitrogens with one attached hydrogen (secondary N) is 1. The largest absolute Gasteiger partial charge is 0.463 e. The molecule has 3 N–H and O–H groups in total. The second-order valence-corrected chi connectivity index (χ2v) is 7.29. The number of rotatable bonds is 12. The van der Waals surface area contributed by atoms with Crippen molar-refractivity contribution in [2.24, 2.45) is 5.73 Å². The van der Waals surface area contributed by atoms with Crippen LogP contribution in [0.15, 0.2) is 0 Å². The van der Waals surface area contributed by atoms with E-state index in [1.54, 1.807) is 0 Å². The van der Waals surface area contributed by atoms with E-state index in [2.05, 4.69) is 5.32 Å². The van der Waals surface area contributed by atoms with E-state index < -0.39 is 54.5 Å². The SMILES string of the molecule is CC(=O)N[C@H]1[C@@H](OCCCCCCN)O[C@H](COC(C)=O)[C@H](OC(C)=O)[C@@H]1OC(C)=O. The molecule has 11 nitrogen and oxygen atoms in total. The molecule has 0 bridgehead atoms. The summed E-state index contributed by atoms with van der Waals surface area (Å²) in [6.07, 6.45) is -0.719. The molecule has 11 heteroatoms. The third-order valence-corrected chi connectivity index (χ3v) is 4.45. The van der Waals surface area contributed by atoms with E-state index in [9.17, 15) is 19.2 Å². The van der Waals surface area contributed by atoms with E-state index in [-0.39, 0.29) is 6.61 Å². The van der Waals surface area contributed by atoms with Crippen LogP contribution in [-0.2, 0) is 42.9 Å². The Labute approximate surface area is 182 Å². The number of hydrogen-bond acceptors (Lipinski definition) is 10. The predicted octanol–water partition coefficient (Wildman–Crippen LogP) is 0.178. The third-order valence-electron chi connectivity index (χ3n) is 4.45. The second kappa shape index (κ2) is 13.9. The van der Waals surface area contributed by atoms with Gasteiger partial charge >= 0.3 is 17.9 Å². The summed E-state index contributed by atoms with van der Waals surface area (Å²) < 4.78 is 27.5. The maximum Gasteiger partial charge on any atom is 0.303 e. The zero-order valence-corrected chi connectivity index (χ0v) is 18.6. The van der Waals surface area contributed by atoms with Crippen LogP contribution < -0.4 is 11.1 Å². The molecule has 0 aromatic rings. The Balaban J connectivity index is 3.07. The van der Waals surface area contributed by atoms with E-state index in [4.69, 9.17) is 29.4 Å². The van der Waals surface area contributed by atoms with Gasteiger partial charge in [0.1, 0.15) is 18.8 Å². The second-order valence-electron chi connectivity index (χ2n) is 7.29. The Morgan fingerprint density at radius 2 is 1.48 bits per heavy atom. The number of ether oxygens (including phenoxy) is 5. The van der Waals surface area contributed by atoms with Gasteiger partial charge in [0.2, 0.25) is 5.91 Å². The first-order valence-electron chi connectivity index (χ1n) is 10.4. The van der Waals surface area contributed by atoms with Crippen LogP contribution in [0.25, 0.3) is 0 Å². The zero-order chi connectivity index (χ0) is 23.4. The maximum atomic E-state index is 11.8. The molecule has 1 fully saturated rings. The third kappa shape index (κ3) is 10.1. The number of nitrogens with two attached hydrogens (primary N) is 1. The molecule has 1 heterocycles. The molecule has 5 atom stereocenters. The van der Waals surface area contributed by atoms with E-state index in [0.717, 1.165) is 25.7 Å². The van der Waals surface area contributed by atoms with E-state index in [1.165, 1.54) is 27.7 Å². The molecular formula is C20H34N2O9. The van der Waals surface area contributed by atoms with Crippen LogP contribution in [0, 0.1) is 0 Å². The monoisotopic (exact) mass is 446 g/mol. The van der Waals surface area contributed by atoms with Crippen LogP contribution in [0.1, 0.15) is 53.4 Å². The summed E-state index contributed by atoms with van der Waals surface area (Å²) in [6.45, 7) is 5.58. The van der Waals surface area contributed by atoms with Crippen LogP contribution in [0.4, 0.5) is 0 Å². The highest BCUT2D eigenvalue weighted by atomic mass is 16.7. The lowest BCUT2D eigenvalue weighted by molar-refractivity contribution is -0.277. The van der Waals surface area contributed by atoms with E-state index in [0.29, 0.717) is 13.2 Å². The minimum Gasteiger partial charge on any atom is -0.463 e. The Hall–Kier alpha value is -2.24. The van der Waals surface area contributed by atoms with Gasteiger partial charge < -0.3 is 34.7 Å². The molecule has 1 saturated heterocycles. The molecule has 1 aliphatic rings. The Morgan fingerprint density at radius 1 is 0.871 bits per heavy atom. The minimum absolute atomic E-state index is 0.256. The van der Waals surface area contributed by atoms with E-state index in [1.807, 2.05) is 0 Å². The first kappa shape index (κ1) is 26.8. The van der Waals surface area contributed by atoms with Gasteiger partial charge in [0.05, 0.1) is 0 Å². The highest BCUT2D eigenvalue weighted by molar-refractivity contribution is 5.73. The summed E-state index contributed by atoms with van der Waals surface area (Å²) in [5, 5.41) is 2.66. The quantitative estimate of drug-likeness (QED) is 0.241. The van der Waals surface area contributed by atoms with Gasteiger partial charge in [-0.3, -0.25) is 19.2 Å². The van der Waals surface area contributed by atoms with Gasteiger partial charge in [0.25, 0.3) is 0 Å². The molecule has 0 spiro atoms. The molecule has 0 aromatic heterocycles. The van der Waals surface area contributed by atoms with Gasteiger partial charge in [0.15, 0.2) is 18.5 Å². The standard InChI is InChI=1S/C20H34N2O9/c1-12(23)22-17-19(30-15(4)26)18(29-14(3)25)16(11-28-13(2)24)31-20(17)27-10-8-6-5-7-9-21/h16-20H,5-11,21H2,1-4H3,(H,22,23)/t16-,17-,18+,19-,20+/m1/s1. The molecule has 0 saturated carbocycles. The summed E-state index contributed by atoms with van der Waals surface area (Å²) in [6, 6.07) is -0.941. The number of hydrogen-bond donors (Lipinski definition) is 2. The van der Waals surface area contributed by atoms with Crippen molar-refractivity contribution in [1.82, 2.24) is 5.32 Å². The molecule has 1 aliphatic heterocycles. The number of amides is 1. The zero-order valence-electron chi connectivity index (χ0n) is 18.6. The maximum absolute atomic E-state index is 11.8. The lowest BCUT2D eigenvalue weighted by Gasteiger charge is -2.44. The lowest BCUT2D eigenvalue weighted by Crippen LogP contribution is -2.66. The van der Waals surface area contributed by atoms with Crippen molar-refractivity contribution in [3.8, 4) is 0 Å². The van der Waals surface area contributed by atoms with Crippen molar-refractivity contribution in [3.63, 3.8) is 0 Å². The summed E-state index contributed by atoms with van der Waals surface area (Å²) in [5.74, 6) is -2.27. The Morgan fingerprint density at radius 3 is 2.03 bits per heavy atom. The topological polar surface area (TPSA) is 152 Å². The molecule has 0 unspecified atom stereocenters. The van der Waals surface area contributed by atoms with Gasteiger partial charge in [-0.05, 0) is 19.4 Å². The summed E-state index contributed by atoms with van der Waals surface area (Å²) in [7, 11) is 0. The van der Waals surface area contributed by atoms with E-state index >= 15 is 0 Å². The normalized spacial score (nSPS) is 25.4. The predicted molar refractivity (Wildman–Crippen MR) is 107 cm³/mol. The highest BCUT2D eigenvalue weighted by Gasteiger charge is 2.51. The Bertz CT molecular complexity index is 613. The molecule has 31 heavy (non-hydrogen) atoms. The summed E-state index contributed by atoms with van der Waals surface area (Å²) in [5.41, 5.74) is 5.49. The summed E-state index contributed by atoms with van der Waals surface area (Å²) in [4.78, 5) is 46.5. The number of carbonyl (C=O) groups excluding carboxylic acids is 4. The average Bonchev–Trinajstić information content (AvgIpc) is 2.66. The smallest absolute Gasteiger partial charge is 0.303 e. The van der Waals surface area contributed by atoms with Gasteiger partial charge in [0, 0.05) is 34.3 Å². The fraction of sp³-hybridized carbons (Fsp3) is 0.800. The van der Waals surface area contributed by atoms with Gasteiger partial charge in [-0.2, -0.15) is 0 Å². The number of unbranched alkanes of at least 4 members (excludes halogenated alkanes) is 3. The van der Waals surface area contributed by atoms with Crippen molar-refractivity contribution in [2.45, 2.75) is 84.0 Å². The van der Waals surface area contributed by atoms with Crippen molar-refractivity contribution in [3.05, 3.63) is 0 Å². The fourth-order valence-corrected chi connectivity index (χ4v) is 3.23. The lowest BCUT2D eigenvalue weighted by atomic mass is 9.96. The average molecular weight is 446 g/mol. The van der Waals surface area contributed by atoms with Crippen molar-refractivity contribution in [2.75, 3.05) is 19.8 Å². The van der Waals surface area contributed by atoms with Gasteiger partial charge in [-0.15, -0.1) is 0 Å². The number of esters is 3. The molecule has 0 radical (unpaired) electrons. The number of carbonyl (C=O) groups is 4. The van der Waals surface area contributed by atoms with Crippen molar-refractivity contribution < 1.29 is 42.9 Å². The molecule has 178 valence electrons. The van der Waals surface area contributed by atoms with Crippen LogP contribution in [0.5, 0.6) is 0 Å². The molecule has 0 aliphatic carbocycles. The Kier molecular flexibility index (Phi) is 12.1. The molecule has 1 rings (SSSR count). The van der Waals surface area contributed by atoms with Crippen molar-refractivity contribution >= 4 is 23.8 Å².